The fraction of sp³-hybridized carbons (Fsp3) is 0.763. The van der Waals surface area contributed by atoms with E-state index in [9.17, 15) is 39.3 Å². The SMILES string of the molecule is CC(=O)O[C@H]1C(=O)C[C@H](C)O[C@H]1O[C@@H]1C[C@@]2(C)[C@@H]3CC=C4[C@@H](C[C@H](O)C(=O)C4(C)C)[C@]3(C)C(=O)C[C@]2(C)[C@H]1[C@@](C)(O)C(=O)/C=C/C(C)(C)O. The minimum Gasteiger partial charge on any atom is -0.449 e. The van der Waals surface area contributed by atoms with Gasteiger partial charge in [-0.2, -0.15) is 0 Å². The van der Waals surface area contributed by atoms with Gasteiger partial charge in [-0.1, -0.05) is 38.5 Å². The topological polar surface area (TPSA) is 174 Å². The number of Topliss-reactive ketones (excluding diaryl/α,β-unsaturated/α-hetero) is 3. The molecule has 5 rings (SSSR count). The molecule has 4 fully saturated rings. The third kappa shape index (κ3) is 5.81. The Bertz CT molecular complexity index is 1500. The van der Waals surface area contributed by atoms with Gasteiger partial charge in [0.2, 0.25) is 12.4 Å². The number of ether oxygens (including phenoxy) is 3. The average Bonchev–Trinajstić information content (AvgIpc) is 3.18. The van der Waals surface area contributed by atoms with Crippen molar-refractivity contribution in [3.05, 3.63) is 23.8 Å². The van der Waals surface area contributed by atoms with Gasteiger partial charge < -0.3 is 29.5 Å². The predicted octanol–water partition coefficient (Wildman–Crippen LogP) is 3.59. The van der Waals surface area contributed by atoms with Crippen LogP contribution in [0.25, 0.3) is 0 Å². The summed E-state index contributed by atoms with van der Waals surface area (Å²) in [7, 11) is 0. The number of ketones is 4. The number of allylic oxidation sites excluding steroid dienone is 2. The summed E-state index contributed by atoms with van der Waals surface area (Å²) in [6.07, 6.45) is -0.0746. The van der Waals surface area contributed by atoms with Crippen molar-refractivity contribution in [2.75, 3.05) is 0 Å². The number of aliphatic hydroxyl groups excluding tert-OH is 1. The van der Waals surface area contributed by atoms with E-state index < -0.39 is 87.2 Å². The molecule has 12 atom stereocenters. The highest BCUT2D eigenvalue weighted by Crippen LogP contribution is 2.74. The Balaban J connectivity index is 1.65. The Kier molecular flexibility index (Phi) is 9.23. The minimum atomic E-state index is -2.11. The van der Waals surface area contributed by atoms with Gasteiger partial charge in [0, 0.05) is 36.5 Å². The van der Waals surface area contributed by atoms with Crippen LogP contribution in [0.1, 0.15) is 101 Å². The number of carbonyl (C=O) groups excluding carboxylic acids is 5. The molecule has 0 spiro atoms. The maximum atomic E-state index is 14.8. The maximum Gasteiger partial charge on any atom is 0.303 e. The molecule has 3 saturated carbocycles. The van der Waals surface area contributed by atoms with Gasteiger partial charge in [0.1, 0.15) is 17.5 Å². The molecule has 0 amide bonds. The summed E-state index contributed by atoms with van der Waals surface area (Å²) in [5, 5.41) is 33.6. The second-order valence-electron chi connectivity index (χ2n) is 17.3. The molecule has 0 aromatic heterocycles. The summed E-state index contributed by atoms with van der Waals surface area (Å²) < 4.78 is 18.1. The van der Waals surface area contributed by atoms with Crippen LogP contribution < -0.4 is 0 Å². The molecule has 0 aromatic rings. The molecular weight excluding hydrogens is 632 g/mol. The van der Waals surface area contributed by atoms with Crippen LogP contribution in [-0.2, 0) is 38.2 Å². The van der Waals surface area contributed by atoms with Crippen molar-refractivity contribution in [2.45, 2.75) is 143 Å². The fourth-order valence-electron chi connectivity index (χ4n) is 10.6. The van der Waals surface area contributed by atoms with Crippen molar-refractivity contribution in [3.63, 3.8) is 0 Å². The van der Waals surface area contributed by atoms with Crippen LogP contribution in [0, 0.1) is 39.4 Å². The number of hydrogen-bond donors (Lipinski definition) is 3. The molecular formula is C38H54O11. The van der Waals surface area contributed by atoms with Crippen molar-refractivity contribution < 1.29 is 53.5 Å². The quantitative estimate of drug-likeness (QED) is 0.203. The molecule has 1 aliphatic heterocycles. The van der Waals surface area contributed by atoms with E-state index in [1.165, 1.54) is 33.8 Å². The molecule has 272 valence electrons. The monoisotopic (exact) mass is 686 g/mol. The van der Waals surface area contributed by atoms with Crippen LogP contribution in [0.3, 0.4) is 0 Å². The smallest absolute Gasteiger partial charge is 0.303 e. The molecule has 3 N–H and O–H groups in total. The van der Waals surface area contributed by atoms with E-state index in [-0.39, 0.29) is 49.0 Å². The Labute approximate surface area is 288 Å². The van der Waals surface area contributed by atoms with Gasteiger partial charge in [0.25, 0.3) is 0 Å². The first-order valence-corrected chi connectivity index (χ1v) is 17.5. The highest BCUT2D eigenvalue weighted by molar-refractivity contribution is 5.98. The van der Waals surface area contributed by atoms with Gasteiger partial charge in [0.15, 0.2) is 17.3 Å². The van der Waals surface area contributed by atoms with Gasteiger partial charge in [-0.3, -0.25) is 24.0 Å². The molecule has 4 aliphatic carbocycles. The third-order valence-corrected chi connectivity index (χ3v) is 13.2. The molecule has 11 heteroatoms. The normalized spacial score (nSPS) is 43.3. The summed E-state index contributed by atoms with van der Waals surface area (Å²) >= 11 is 0. The van der Waals surface area contributed by atoms with Crippen LogP contribution in [0.5, 0.6) is 0 Å². The van der Waals surface area contributed by atoms with Crippen molar-refractivity contribution >= 4 is 29.1 Å². The molecule has 0 radical (unpaired) electrons. The zero-order valence-electron chi connectivity index (χ0n) is 30.5. The highest BCUT2D eigenvalue weighted by atomic mass is 16.7. The van der Waals surface area contributed by atoms with Crippen LogP contribution in [-0.4, -0.2) is 86.3 Å². The van der Waals surface area contributed by atoms with E-state index in [1.807, 2.05) is 19.9 Å². The Hall–Kier alpha value is -2.57. The lowest BCUT2D eigenvalue weighted by Crippen LogP contribution is -2.65. The lowest BCUT2D eigenvalue weighted by molar-refractivity contribution is -0.261. The molecule has 11 nitrogen and oxygen atoms in total. The second-order valence-corrected chi connectivity index (χ2v) is 17.3. The Morgan fingerprint density at radius 1 is 1.04 bits per heavy atom. The van der Waals surface area contributed by atoms with Crippen LogP contribution in [0.15, 0.2) is 23.8 Å². The second kappa shape index (κ2) is 12.0. The van der Waals surface area contributed by atoms with Crippen LogP contribution >= 0.6 is 0 Å². The summed E-state index contributed by atoms with van der Waals surface area (Å²) in [6.45, 7) is 16.8. The fourth-order valence-corrected chi connectivity index (χ4v) is 10.6. The lowest BCUT2D eigenvalue weighted by atomic mass is 9.38. The van der Waals surface area contributed by atoms with Crippen molar-refractivity contribution in [3.8, 4) is 0 Å². The number of aliphatic hydroxyl groups is 3. The molecule has 1 saturated heterocycles. The van der Waals surface area contributed by atoms with E-state index in [0.29, 0.717) is 6.42 Å². The number of rotatable bonds is 7. The molecule has 49 heavy (non-hydrogen) atoms. The van der Waals surface area contributed by atoms with Gasteiger partial charge in [-0.25, -0.2) is 0 Å². The van der Waals surface area contributed by atoms with Gasteiger partial charge in [-0.15, -0.1) is 0 Å². The standard InChI is InChI=1S/C38H54O11/c1-19-15-23(40)29(48-20(2)39)32(47-19)49-25-17-35(7)26-12-11-21-22(16-24(41)31(44)34(21,5)6)37(26,9)28(43)18-36(35,8)30(25)38(10,46)27(42)13-14-33(3,4)45/h11,13-14,19,22,24-26,29-30,32,41,45-46H,12,15-18H2,1-10H3/b14-13+/t19-,22+,24-,25+,26-,29-,30-,32-,35-,36+,37-,38-/m0/s1. The van der Waals surface area contributed by atoms with Crippen molar-refractivity contribution in [1.82, 2.24) is 0 Å². The maximum absolute atomic E-state index is 14.8. The third-order valence-electron chi connectivity index (χ3n) is 13.2. The molecule has 0 aromatic carbocycles. The first-order chi connectivity index (χ1) is 22.3. The molecule has 0 bridgehead atoms. The van der Waals surface area contributed by atoms with Crippen LogP contribution in [0.4, 0.5) is 0 Å². The van der Waals surface area contributed by atoms with Crippen LogP contribution in [0.2, 0.25) is 0 Å². The number of hydrogen-bond acceptors (Lipinski definition) is 11. The number of fused-ring (bicyclic) bond motifs is 5. The molecule has 0 unspecified atom stereocenters. The van der Waals surface area contributed by atoms with Crippen molar-refractivity contribution in [2.24, 2.45) is 39.4 Å². The summed E-state index contributed by atoms with van der Waals surface area (Å²) in [5.74, 6) is -3.84. The average molecular weight is 687 g/mol. The lowest BCUT2D eigenvalue weighted by Gasteiger charge is -2.64. The van der Waals surface area contributed by atoms with Gasteiger partial charge in [-0.05, 0) is 89.5 Å². The zero-order chi connectivity index (χ0) is 36.9. The summed E-state index contributed by atoms with van der Waals surface area (Å²) in [5.41, 5.74) is -6.30. The largest absolute Gasteiger partial charge is 0.449 e. The highest BCUT2D eigenvalue weighted by Gasteiger charge is 2.75. The first-order valence-electron chi connectivity index (χ1n) is 17.5. The zero-order valence-corrected chi connectivity index (χ0v) is 30.5. The Morgan fingerprint density at radius 3 is 2.27 bits per heavy atom. The van der Waals surface area contributed by atoms with Gasteiger partial charge >= 0.3 is 5.97 Å². The van der Waals surface area contributed by atoms with E-state index in [1.54, 1.807) is 20.8 Å². The molecule has 5 aliphatic rings. The molecule has 1 heterocycles. The Morgan fingerprint density at radius 2 is 1.67 bits per heavy atom. The van der Waals surface area contributed by atoms with Crippen molar-refractivity contribution in [1.29, 1.82) is 0 Å². The summed E-state index contributed by atoms with van der Waals surface area (Å²) in [6, 6.07) is 0. The minimum absolute atomic E-state index is 0.00889. The van der Waals surface area contributed by atoms with Gasteiger partial charge in [0.05, 0.1) is 17.8 Å². The van der Waals surface area contributed by atoms with E-state index in [4.69, 9.17) is 14.2 Å². The van der Waals surface area contributed by atoms with E-state index in [0.717, 1.165) is 11.6 Å². The summed E-state index contributed by atoms with van der Waals surface area (Å²) in [4.78, 5) is 67.0. The number of esters is 1. The number of carbonyl (C=O) groups is 5. The van der Waals surface area contributed by atoms with E-state index in [2.05, 4.69) is 6.92 Å². The van der Waals surface area contributed by atoms with E-state index >= 15 is 0 Å². The first kappa shape index (κ1) is 37.7. The predicted molar refractivity (Wildman–Crippen MR) is 177 cm³/mol.